The van der Waals surface area contributed by atoms with Gasteiger partial charge in [-0.3, -0.25) is 4.90 Å². The van der Waals surface area contributed by atoms with E-state index in [1.165, 1.54) is 29.7 Å². The van der Waals surface area contributed by atoms with Crippen LogP contribution in [0.4, 0.5) is 5.82 Å². The van der Waals surface area contributed by atoms with Crippen molar-refractivity contribution in [3.05, 3.63) is 47.2 Å². The Hall–Kier alpha value is -2.01. The second-order valence-electron chi connectivity index (χ2n) is 6.82. The molecule has 1 aliphatic carbocycles. The van der Waals surface area contributed by atoms with Gasteiger partial charge < -0.3 is 4.90 Å². The van der Waals surface area contributed by atoms with Crippen LogP contribution in [0.25, 0.3) is 0 Å². The number of aromatic nitrogens is 3. The first-order valence-corrected chi connectivity index (χ1v) is 8.39. The third kappa shape index (κ3) is 3.06. The molecule has 0 spiro atoms. The molecule has 3 heterocycles. The summed E-state index contributed by atoms with van der Waals surface area (Å²) in [5.74, 6) is 2.76. The number of fused-ring (bicyclic) bond motifs is 1. The Morgan fingerprint density at radius 1 is 1.26 bits per heavy atom. The van der Waals surface area contributed by atoms with Gasteiger partial charge in [0.1, 0.15) is 11.6 Å². The zero-order chi connectivity index (χ0) is 15.8. The lowest BCUT2D eigenvalue weighted by atomic mass is 10.1. The molecule has 0 bridgehead atoms. The van der Waals surface area contributed by atoms with E-state index in [0.717, 1.165) is 37.7 Å². The fraction of sp³-hybridized carbons (Fsp3) is 0.500. The molecule has 1 saturated carbocycles. The van der Waals surface area contributed by atoms with Crippen molar-refractivity contribution in [1.29, 1.82) is 0 Å². The van der Waals surface area contributed by atoms with Crippen molar-refractivity contribution in [3.8, 4) is 0 Å². The van der Waals surface area contributed by atoms with E-state index in [-0.39, 0.29) is 0 Å². The molecule has 23 heavy (non-hydrogen) atoms. The predicted octanol–water partition coefficient (Wildman–Crippen LogP) is 2.37. The van der Waals surface area contributed by atoms with Gasteiger partial charge in [0.05, 0.1) is 0 Å². The molecule has 2 aromatic heterocycles. The number of hydrogen-bond acceptors (Lipinski definition) is 5. The molecule has 0 aromatic carbocycles. The number of hydrogen-bond donors (Lipinski definition) is 0. The Kier molecular flexibility index (Phi) is 3.73. The number of anilines is 1. The van der Waals surface area contributed by atoms with Crippen LogP contribution in [0.1, 0.15) is 41.4 Å². The highest BCUT2D eigenvalue weighted by Crippen LogP contribution is 2.38. The van der Waals surface area contributed by atoms with Gasteiger partial charge in [-0.25, -0.2) is 15.0 Å². The van der Waals surface area contributed by atoms with Gasteiger partial charge in [0.2, 0.25) is 0 Å². The minimum atomic E-state index is 0.636. The summed E-state index contributed by atoms with van der Waals surface area (Å²) < 4.78 is 0. The fourth-order valence-electron chi connectivity index (χ4n) is 3.26. The third-order valence-electron chi connectivity index (χ3n) is 4.66. The van der Waals surface area contributed by atoms with Crippen molar-refractivity contribution in [2.45, 2.75) is 38.3 Å². The molecule has 120 valence electrons. The number of pyridine rings is 1. The maximum atomic E-state index is 4.80. The summed E-state index contributed by atoms with van der Waals surface area (Å²) >= 11 is 0. The minimum Gasteiger partial charge on any atom is -0.362 e. The molecule has 5 heteroatoms. The summed E-state index contributed by atoms with van der Waals surface area (Å²) in [5, 5.41) is 0. The molecule has 1 aliphatic heterocycles. The predicted molar refractivity (Wildman–Crippen MR) is 90.4 cm³/mol. The van der Waals surface area contributed by atoms with Crippen LogP contribution in [-0.2, 0) is 19.5 Å². The van der Waals surface area contributed by atoms with Crippen LogP contribution in [0.15, 0.2) is 24.5 Å². The lowest BCUT2D eigenvalue weighted by Gasteiger charge is -2.29. The average Bonchev–Trinajstić information content (AvgIpc) is 3.39. The van der Waals surface area contributed by atoms with E-state index in [4.69, 9.17) is 4.98 Å². The van der Waals surface area contributed by atoms with Gasteiger partial charge in [0.25, 0.3) is 0 Å². The summed E-state index contributed by atoms with van der Waals surface area (Å²) in [4.78, 5) is 18.4. The van der Waals surface area contributed by atoms with Crippen molar-refractivity contribution in [1.82, 2.24) is 19.9 Å². The molecule has 0 amide bonds. The number of nitrogens with zero attached hydrogens (tertiary/aromatic N) is 5. The van der Waals surface area contributed by atoms with Gasteiger partial charge in [-0.15, -0.1) is 0 Å². The van der Waals surface area contributed by atoms with Gasteiger partial charge in [0.15, 0.2) is 0 Å². The zero-order valence-corrected chi connectivity index (χ0v) is 13.9. The van der Waals surface area contributed by atoms with Gasteiger partial charge in [-0.2, -0.15) is 0 Å². The van der Waals surface area contributed by atoms with Gasteiger partial charge in [-0.1, -0.05) is 6.07 Å². The highest BCUT2D eigenvalue weighted by Gasteiger charge is 2.28. The fourth-order valence-corrected chi connectivity index (χ4v) is 3.26. The van der Waals surface area contributed by atoms with Crippen molar-refractivity contribution < 1.29 is 0 Å². The lowest BCUT2D eigenvalue weighted by molar-refractivity contribution is 0.242. The summed E-state index contributed by atoms with van der Waals surface area (Å²) in [6.07, 6.45) is 7.46. The maximum Gasteiger partial charge on any atom is 0.132 e. The van der Waals surface area contributed by atoms with Crippen molar-refractivity contribution in [2.24, 2.45) is 0 Å². The van der Waals surface area contributed by atoms with Crippen LogP contribution in [-0.4, -0.2) is 40.5 Å². The normalized spacial score (nSPS) is 17.8. The second-order valence-corrected chi connectivity index (χ2v) is 6.82. The topological polar surface area (TPSA) is 45.2 Å². The molecule has 4 rings (SSSR count). The third-order valence-corrected chi connectivity index (χ3v) is 4.66. The minimum absolute atomic E-state index is 0.636. The van der Waals surface area contributed by atoms with Crippen molar-refractivity contribution >= 4 is 5.82 Å². The second kappa shape index (κ2) is 5.89. The molecule has 0 atom stereocenters. The van der Waals surface area contributed by atoms with E-state index >= 15 is 0 Å². The first kappa shape index (κ1) is 14.6. The van der Waals surface area contributed by atoms with Crippen molar-refractivity contribution in [3.63, 3.8) is 0 Å². The molecule has 0 radical (unpaired) electrons. The molecule has 0 saturated heterocycles. The van der Waals surface area contributed by atoms with E-state index in [2.05, 4.69) is 32.0 Å². The molecule has 0 unspecified atom stereocenters. The van der Waals surface area contributed by atoms with E-state index in [9.17, 15) is 0 Å². The molecule has 2 aromatic rings. The van der Waals surface area contributed by atoms with E-state index in [1.807, 2.05) is 26.4 Å². The summed E-state index contributed by atoms with van der Waals surface area (Å²) in [6.45, 7) is 2.91. The highest BCUT2D eigenvalue weighted by molar-refractivity contribution is 5.45. The van der Waals surface area contributed by atoms with Crippen LogP contribution in [0.3, 0.4) is 0 Å². The van der Waals surface area contributed by atoms with E-state index < -0.39 is 0 Å². The van der Waals surface area contributed by atoms with Gasteiger partial charge in [-0.05, 0) is 18.9 Å². The van der Waals surface area contributed by atoms with Crippen LogP contribution in [0.2, 0.25) is 0 Å². The highest BCUT2D eigenvalue weighted by atomic mass is 15.2. The first-order valence-electron chi connectivity index (χ1n) is 8.39. The van der Waals surface area contributed by atoms with Gasteiger partial charge in [0, 0.05) is 75.3 Å². The van der Waals surface area contributed by atoms with Crippen LogP contribution < -0.4 is 4.90 Å². The zero-order valence-electron chi connectivity index (χ0n) is 13.9. The van der Waals surface area contributed by atoms with Gasteiger partial charge >= 0.3 is 0 Å². The summed E-state index contributed by atoms with van der Waals surface area (Å²) in [7, 11) is 4.09. The molecule has 2 aliphatic rings. The standard InChI is InChI=1S/C18H23N5/c1-22(2)18-14(4-3-8-19-18)11-23-9-7-16-15(12-23)10-20-17(21-16)13-5-6-13/h3-4,8,10,13H,5-7,9,11-12H2,1-2H3. The molecule has 0 N–H and O–H groups in total. The smallest absolute Gasteiger partial charge is 0.132 e. The lowest BCUT2D eigenvalue weighted by Crippen LogP contribution is -2.31. The van der Waals surface area contributed by atoms with Crippen LogP contribution in [0, 0.1) is 0 Å². The molecular formula is C18H23N5. The Bertz CT molecular complexity index is 708. The van der Waals surface area contributed by atoms with E-state index in [0.29, 0.717) is 5.92 Å². The van der Waals surface area contributed by atoms with E-state index in [1.54, 1.807) is 0 Å². The summed E-state index contributed by atoms with van der Waals surface area (Å²) in [6, 6.07) is 4.19. The Morgan fingerprint density at radius 2 is 2.13 bits per heavy atom. The van der Waals surface area contributed by atoms with Crippen molar-refractivity contribution in [2.75, 3.05) is 25.5 Å². The summed E-state index contributed by atoms with van der Waals surface area (Å²) in [5.41, 5.74) is 3.82. The first-order chi connectivity index (χ1) is 11.2. The Labute approximate surface area is 137 Å². The monoisotopic (exact) mass is 309 g/mol. The Balaban J connectivity index is 1.50. The SMILES string of the molecule is CN(C)c1ncccc1CN1CCc2nc(C3CC3)ncc2C1. The molecule has 5 nitrogen and oxygen atoms in total. The quantitative estimate of drug-likeness (QED) is 0.867. The maximum absolute atomic E-state index is 4.80. The Morgan fingerprint density at radius 3 is 2.91 bits per heavy atom. The number of rotatable bonds is 4. The molecule has 1 fully saturated rings. The average molecular weight is 309 g/mol. The van der Waals surface area contributed by atoms with Crippen LogP contribution in [0.5, 0.6) is 0 Å². The van der Waals surface area contributed by atoms with Crippen LogP contribution >= 0.6 is 0 Å². The largest absolute Gasteiger partial charge is 0.362 e. The molecular weight excluding hydrogens is 286 g/mol.